The summed E-state index contributed by atoms with van der Waals surface area (Å²) in [5.74, 6) is -0.601. The van der Waals surface area contributed by atoms with Gasteiger partial charge in [-0.1, -0.05) is 25.1 Å². The first-order valence-electron chi connectivity index (χ1n) is 6.29. The zero-order valence-electron chi connectivity index (χ0n) is 11.7. The molecule has 0 heterocycles. The van der Waals surface area contributed by atoms with Crippen molar-refractivity contribution in [3.05, 3.63) is 29.8 Å². The van der Waals surface area contributed by atoms with Gasteiger partial charge in [0.1, 0.15) is 6.04 Å². The number of hydrogen-bond acceptors (Lipinski definition) is 4. The fourth-order valence-corrected chi connectivity index (χ4v) is 1.75. The largest absolute Gasteiger partial charge is 0.467 e. The molecule has 0 saturated carbocycles. The molecular formula is C14H21ClN2O3. The molecular weight excluding hydrogens is 280 g/mol. The lowest BCUT2D eigenvalue weighted by molar-refractivity contribution is -0.145. The number of hydrogen-bond donors (Lipinski definition) is 2. The van der Waals surface area contributed by atoms with Crippen molar-refractivity contribution in [2.24, 2.45) is 0 Å². The Morgan fingerprint density at radius 3 is 2.55 bits per heavy atom. The van der Waals surface area contributed by atoms with Crippen LogP contribution >= 0.6 is 12.4 Å². The molecule has 0 fully saturated rings. The molecule has 3 N–H and O–H groups in total. The van der Waals surface area contributed by atoms with Crippen LogP contribution in [0.4, 0.5) is 5.69 Å². The Bertz CT molecular complexity index is 452. The highest BCUT2D eigenvalue weighted by Gasteiger charge is 2.18. The first-order valence-corrected chi connectivity index (χ1v) is 6.29. The second kappa shape index (κ2) is 9.20. The maximum absolute atomic E-state index is 11.8. The number of aryl methyl sites for hydroxylation is 1. The molecule has 1 aromatic carbocycles. The quantitative estimate of drug-likeness (QED) is 0.619. The summed E-state index contributed by atoms with van der Waals surface area (Å²) in [5.41, 5.74) is 7.41. The van der Waals surface area contributed by atoms with E-state index in [9.17, 15) is 9.59 Å². The lowest BCUT2D eigenvalue weighted by Crippen LogP contribution is -2.41. The third-order valence-electron chi connectivity index (χ3n) is 2.91. The lowest BCUT2D eigenvalue weighted by Gasteiger charge is -2.14. The van der Waals surface area contributed by atoms with Gasteiger partial charge in [-0.2, -0.15) is 0 Å². The minimum absolute atomic E-state index is 0. The minimum atomic E-state index is -0.578. The number of nitrogens with one attached hydrogen (secondary N) is 1. The zero-order chi connectivity index (χ0) is 14.3. The van der Waals surface area contributed by atoms with E-state index >= 15 is 0 Å². The summed E-state index contributed by atoms with van der Waals surface area (Å²) in [6.45, 7) is 1.82. The number of benzene rings is 1. The highest BCUT2D eigenvalue weighted by atomic mass is 35.5. The SMILES string of the molecule is CCC(NC(=O)CCc1ccccc1N)C(=O)OC.Cl. The maximum Gasteiger partial charge on any atom is 0.328 e. The van der Waals surface area contributed by atoms with Crippen molar-refractivity contribution in [3.63, 3.8) is 0 Å². The van der Waals surface area contributed by atoms with E-state index in [1.807, 2.05) is 25.1 Å². The number of carbonyl (C=O) groups excluding carboxylic acids is 2. The highest BCUT2D eigenvalue weighted by Crippen LogP contribution is 2.12. The van der Waals surface area contributed by atoms with Crippen LogP contribution in [0.2, 0.25) is 0 Å². The predicted octanol–water partition coefficient (Wildman–Crippen LogP) is 1.69. The van der Waals surface area contributed by atoms with Gasteiger partial charge < -0.3 is 15.8 Å². The minimum Gasteiger partial charge on any atom is -0.467 e. The summed E-state index contributed by atoms with van der Waals surface area (Å²) in [6.07, 6.45) is 1.35. The molecule has 0 aliphatic carbocycles. The molecule has 112 valence electrons. The number of anilines is 1. The van der Waals surface area contributed by atoms with E-state index in [1.54, 1.807) is 6.07 Å². The molecule has 1 aromatic rings. The monoisotopic (exact) mass is 300 g/mol. The summed E-state index contributed by atoms with van der Waals surface area (Å²) in [7, 11) is 1.31. The molecule has 5 nitrogen and oxygen atoms in total. The molecule has 0 aromatic heterocycles. The molecule has 1 atom stereocenters. The second-order valence-corrected chi connectivity index (χ2v) is 4.25. The van der Waals surface area contributed by atoms with Crippen molar-refractivity contribution in [3.8, 4) is 0 Å². The van der Waals surface area contributed by atoms with Gasteiger partial charge >= 0.3 is 5.97 Å². The van der Waals surface area contributed by atoms with E-state index in [0.717, 1.165) is 5.56 Å². The van der Waals surface area contributed by atoms with Crippen LogP contribution in [0.25, 0.3) is 0 Å². The number of rotatable bonds is 6. The number of para-hydroxylation sites is 1. The fraction of sp³-hybridized carbons (Fsp3) is 0.429. The Morgan fingerprint density at radius 1 is 1.35 bits per heavy atom. The van der Waals surface area contributed by atoms with Gasteiger partial charge in [0.25, 0.3) is 0 Å². The molecule has 1 rings (SSSR count). The smallest absolute Gasteiger partial charge is 0.328 e. The Kier molecular flexibility index (Phi) is 8.40. The lowest BCUT2D eigenvalue weighted by atomic mass is 10.1. The molecule has 20 heavy (non-hydrogen) atoms. The van der Waals surface area contributed by atoms with E-state index < -0.39 is 12.0 Å². The van der Waals surface area contributed by atoms with Crippen molar-refractivity contribution in [2.75, 3.05) is 12.8 Å². The third kappa shape index (κ3) is 5.48. The number of ether oxygens (including phenoxy) is 1. The standard InChI is InChI=1S/C14H20N2O3.ClH/c1-3-12(14(18)19-2)16-13(17)9-8-10-6-4-5-7-11(10)15;/h4-7,12H,3,8-9,15H2,1-2H3,(H,16,17);1H. The zero-order valence-corrected chi connectivity index (χ0v) is 12.5. The number of carbonyl (C=O) groups is 2. The van der Waals surface area contributed by atoms with Gasteiger partial charge in [-0.25, -0.2) is 4.79 Å². The average molecular weight is 301 g/mol. The van der Waals surface area contributed by atoms with Crippen molar-refractivity contribution >= 4 is 30.0 Å². The van der Waals surface area contributed by atoms with Gasteiger partial charge in [-0.3, -0.25) is 4.79 Å². The van der Waals surface area contributed by atoms with Crippen LogP contribution in [-0.4, -0.2) is 25.0 Å². The Morgan fingerprint density at radius 2 is 2.00 bits per heavy atom. The number of amides is 1. The van der Waals surface area contributed by atoms with Crippen molar-refractivity contribution in [1.82, 2.24) is 5.32 Å². The fourth-order valence-electron chi connectivity index (χ4n) is 1.75. The van der Waals surface area contributed by atoms with Crippen molar-refractivity contribution in [2.45, 2.75) is 32.2 Å². The molecule has 1 unspecified atom stereocenters. The van der Waals surface area contributed by atoms with Crippen LogP contribution in [0, 0.1) is 0 Å². The van der Waals surface area contributed by atoms with Crippen molar-refractivity contribution < 1.29 is 14.3 Å². The van der Waals surface area contributed by atoms with Crippen molar-refractivity contribution in [1.29, 1.82) is 0 Å². The molecule has 0 bridgehead atoms. The first-order chi connectivity index (χ1) is 9.08. The number of nitrogen functional groups attached to an aromatic ring is 1. The van der Waals surface area contributed by atoms with Crippen LogP contribution in [-0.2, 0) is 20.7 Å². The number of halogens is 1. The summed E-state index contributed by atoms with van der Waals surface area (Å²) in [5, 5.41) is 2.65. The normalized spacial score (nSPS) is 11.1. The molecule has 0 saturated heterocycles. The average Bonchev–Trinajstić information content (AvgIpc) is 2.43. The molecule has 0 aliphatic rings. The van der Waals surface area contributed by atoms with Crippen LogP contribution in [0.5, 0.6) is 0 Å². The van der Waals surface area contributed by atoms with Gasteiger partial charge in [0.2, 0.25) is 5.91 Å². The summed E-state index contributed by atoms with van der Waals surface area (Å²) >= 11 is 0. The summed E-state index contributed by atoms with van der Waals surface area (Å²) in [6, 6.07) is 6.85. The number of esters is 1. The van der Waals surface area contributed by atoms with Gasteiger partial charge in [0.05, 0.1) is 7.11 Å². The van der Waals surface area contributed by atoms with E-state index in [4.69, 9.17) is 5.73 Å². The van der Waals surface area contributed by atoms with E-state index in [0.29, 0.717) is 24.9 Å². The molecule has 0 radical (unpaired) electrons. The molecule has 6 heteroatoms. The van der Waals surface area contributed by atoms with Gasteiger partial charge in [-0.15, -0.1) is 12.4 Å². The topological polar surface area (TPSA) is 81.4 Å². The summed E-state index contributed by atoms with van der Waals surface area (Å²) in [4.78, 5) is 23.1. The van der Waals surface area contributed by atoms with Gasteiger partial charge in [0.15, 0.2) is 0 Å². The van der Waals surface area contributed by atoms with E-state index in [2.05, 4.69) is 10.1 Å². The second-order valence-electron chi connectivity index (χ2n) is 4.25. The Balaban J connectivity index is 0.00000361. The molecule has 0 aliphatic heterocycles. The third-order valence-corrected chi connectivity index (χ3v) is 2.91. The van der Waals surface area contributed by atoms with Crippen LogP contribution in [0.15, 0.2) is 24.3 Å². The molecule has 1 amide bonds. The van der Waals surface area contributed by atoms with Gasteiger partial charge in [-0.05, 0) is 24.5 Å². The number of nitrogens with two attached hydrogens (primary N) is 1. The van der Waals surface area contributed by atoms with Crippen LogP contribution in [0.3, 0.4) is 0 Å². The van der Waals surface area contributed by atoms with E-state index in [1.165, 1.54) is 7.11 Å². The maximum atomic E-state index is 11.8. The first kappa shape index (κ1) is 18.2. The van der Waals surface area contributed by atoms with Gasteiger partial charge in [0, 0.05) is 12.1 Å². The van der Waals surface area contributed by atoms with Crippen LogP contribution < -0.4 is 11.1 Å². The summed E-state index contributed by atoms with van der Waals surface area (Å²) < 4.78 is 4.61. The van der Waals surface area contributed by atoms with Crippen LogP contribution in [0.1, 0.15) is 25.3 Å². The Hall–Kier alpha value is -1.75. The highest BCUT2D eigenvalue weighted by molar-refractivity contribution is 5.85. The predicted molar refractivity (Wildman–Crippen MR) is 80.7 cm³/mol. The number of methoxy groups -OCH3 is 1. The Labute approximate surface area is 125 Å². The molecule has 0 spiro atoms. The van der Waals surface area contributed by atoms with E-state index in [-0.39, 0.29) is 18.3 Å².